The number of hydrogen-bond acceptors (Lipinski definition) is 4. The van der Waals surface area contributed by atoms with E-state index in [9.17, 15) is 13.2 Å². The number of rotatable bonds is 5. The lowest BCUT2D eigenvalue weighted by Crippen LogP contribution is -2.17. The van der Waals surface area contributed by atoms with Crippen LogP contribution >= 0.6 is 0 Å². The maximum atomic E-state index is 12.7. The molecule has 6 nitrogen and oxygen atoms in total. The molecule has 0 aliphatic rings. The summed E-state index contributed by atoms with van der Waals surface area (Å²) >= 11 is 0. The van der Waals surface area contributed by atoms with Crippen molar-refractivity contribution in [1.82, 2.24) is 0 Å². The number of carbonyl (C=O) groups excluding carboxylic acids is 1. The average Bonchev–Trinajstić information content (AvgIpc) is 2.98. The molecule has 29 heavy (non-hydrogen) atoms. The van der Waals surface area contributed by atoms with Gasteiger partial charge in [0.05, 0.1) is 17.6 Å². The number of anilines is 1. The Hall–Kier alpha value is -2.64. The minimum atomic E-state index is -3.86. The van der Waals surface area contributed by atoms with E-state index in [-0.39, 0.29) is 17.2 Å². The second-order valence-electron chi connectivity index (χ2n) is 7.80. The van der Waals surface area contributed by atoms with E-state index >= 15 is 0 Å². The fraction of sp³-hybridized carbons (Fsp3) is 0.318. The zero-order chi connectivity index (χ0) is 21.5. The monoisotopic (exact) mass is 414 g/mol. The quantitative estimate of drug-likeness (QED) is 0.649. The van der Waals surface area contributed by atoms with Crippen molar-refractivity contribution in [3.05, 3.63) is 58.3 Å². The molecule has 3 rings (SSSR count). The molecule has 1 heterocycles. The molecule has 0 bridgehead atoms. The van der Waals surface area contributed by atoms with Crippen molar-refractivity contribution in [3.63, 3.8) is 0 Å². The Morgan fingerprint density at radius 1 is 1.10 bits per heavy atom. The molecule has 2 aromatic carbocycles. The van der Waals surface area contributed by atoms with Gasteiger partial charge in [0.2, 0.25) is 15.9 Å². The first-order chi connectivity index (χ1) is 13.5. The van der Waals surface area contributed by atoms with E-state index in [1.165, 1.54) is 17.7 Å². The van der Waals surface area contributed by atoms with Crippen LogP contribution < -0.4 is 10.5 Å². The zero-order valence-electron chi connectivity index (χ0n) is 17.3. The lowest BCUT2D eigenvalue weighted by molar-refractivity contribution is -0.115. The molecule has 0 atom stereocenters. The number of sulfonamides is 1. The largest absolute Gasteiger partial charge is 0.464 e. The van der Waals surface area contributed by atoms with E-state index in [1.807, 2.05) is 19.9 Å². The van der Waals surface area contributed by atoms with Crippen molar-refractivity contribution >= 4 is 32.6 Å². The fourth-order valence-electron chi connectivity index (χ4n) is 3.49. The molecule has 1 aromatic heterocycles. The van der Waals surface area contributed by atoms with Gasteiger partial charge in [0.25, 0.3) is 0 Å². The third-order valence-electron chi connectivity index (χ3n) is 5.26. The molecular formula is C22H26N2O4S. The SMILES string of the molecule is Cc1cc2occ(CC(=O)Nc3cc(S(N)(=O)=O)cc(C)c3C)c2cc1C(C)C. The number of furan rings is 1. The van der Waals surface area contributed by atoms with Crippen molar-refractivity contribution in [2.24, 2.45) is 5.14 Å². The Bertz CT molecular complexity index is 1210. The van der Waals surface area contributed by atoms with Gasteiger partial charge in [0.1, 0.15) is 5.58 Å². The average molecular weight is 415 g/mol. The first kappa shape index (κ1) is 21.1. The molecule has 0 spiro atoms. The number of nitrogens with two attached hydrogens (primary N) is 1. The summed E-state index contributed by atoms with van der Waals surface area (Å²) in [5, 5.41) is 8.98. The van der Waals surface area contributed by atoms with E-state index in [4.69, 9.17) is 9.56 Å². The lowest BCUT2D eigenvalue weighted by Gasteiger charge is -2.13. The summed E-state index contributed by atoms with van der Waals surface area (Å²) in [6, 6.07) is 6.97. The molecule has 1 amide bonds. The van der Waals surface area contributed by atoms with Crippen molar-refractivity contribution in [2.45, 2.75) is 51.9 Å². The Kier molecular flexibility index (Phi) is 5.56. The molecule has 0 aliphatic heterocycles. The van der Waals surface area contributed by atoms with E-state index in [1.54, 1.807) is 13.2 Å². The Balaban J connectivity index is 1.90. The van der Waals surface area contributed by atoms with Gasteiger partial charge in [-0.15, -0.1) is 0 Å². The van der Waals surface area contributed by atoms with Crippen LogP contribution in [0.15, 0.2) is 39.8 Å². The summed E-state index contributed by atoms with van der Waals surface area (Å²) in [5.74, 6) is 0.107. The smallest absolute Gasteiger partial charge is 0.238 e. The molecule has 0 saturated heterocycles. The molecule has 3 N–H and O–H groups in total. The van der Waals surface area contributed by atoms with Gasteiger partial charge in [0, 0.05) is 16.6 Å². The van der Waals surface area contributed by atoms with Gasteiger partial charge in [-0.3, -0.25) is 4.79 Å². The van der Waals surface area contributed by atoms with E-state index in [0.717, 1.165) is 33.2 Å². The highest BCUT2D eigenvalue weighted by Gasteiger charge is 2.17. The number of nitrogens with one attached hydrogen (secondary N) is 1. The summed E-state index contributed by atoms with van der Waals surface area (Å²) in [4.78, 5) is 12.7. The van der Waals surface area contributed by atoms with Gasteiger partial charge >= 0.3 is 0 Å². The Labute approximate surface area is 171 Å². The number of primary sulfonamides is 1. The minimum Gasteiger partial charge on any atom is -0.464 e. The highest BCUT2D eigenvalue weighted by atomic mass is 32.2. The number of aryl methyl sites for hydroxylation is 2. The molecule has 0 aliphatic carbocycles. The van der Waals surface area contributed by atoms with Crippen LogP contribution in [0.2, 0.25) is 0 Å². The molecule has 0 saturated carbocycles. The van der Waals surface area contributed by atoms with Gasteiger partial charge in [0.15, 0.2) is 0 Å². The van der Waals surface area contributed by atoms with E-state index in [0.29, 0.717) is 11.6 Å². The number of hydrogen-bond donors (Lipinski definition) is 2. The molecule has 0 fully saturated rings. The first-order valence-corrected chi connectivity index (χ1v) is 11.0. The predicted molar refractivity (Wildman–Crippen MR) is 115 cm³/mol. The summed E-state index contributed by atoms with van der Waals surface area (Å²) in [6.07, 6.45) is 1.72. The molecule has 154 valence electrons. The van der Waals surface area contributed by atoms with Gasteiger partial charge in [-0.1, -0.05) is 13.8 Å². The van der Waals surface area contributed by atoms with Gasteiger partial charge in [-0.2, -0.15) is 0 Å². The van der Waals surface area contributed by atoms with Gasteiger partial charge < -0.3 is 9.73 Å². The van der Waals surface area contributed by atoms with Gasteiger partial charge in [-0.25, -0.2) is 13.6 Å². The highest BCUT2D eigenvalue weighted by Crippen LogP contribution is 2.30. The number of benzene rings is 2. The van der Waals surface area contributed by atoms with Crippen molar-refractivity contribution in [1.29, 1.82) is 0 Å². The van der Waals surface area contributed by atoms with Crippen LogP contribution in [0, 0.1) is 20.8 Å². The first-order valence-electron chi connectivity index (χ1n) is 9.42. The maximum Gasteiger partial charge on any atom is 0.238 e. The predicted octanol–water partition coefficient (Wildman–Crippen LogP) is 4.31. The molecule has 0 radical (unpaired) electrons. The van der Waals surface area contributed by atoms with Crippen molar-refractivity contribution in [2.75, 3.05) is 5.32 Å². The van der Waals surface area contributed by atoms with Crippen LogP contribution in [0.5, 0.6) is 0 Å². The highest BCUT2D eigenvalue weighted by molar-refractivity contribution is 7.89. The fourth-order valence-corrected chi connectivity index (χ4v) is 4.11. The van der Waals surface area contributed by atoms with E-state index in [2.05, 4.69) is 25.2 Å². The number of carbonyl (C=O) groups is 1. The molecule has 3 aromatic rings. The summed E-state index contributed by atoms with van der Waals surface area (Å²) in [5.41, 5.74) is 5.87. The van der Waals surface area contributed by atoms with Crippen LogP contribution in [0.3, 0.4) is 0 Å². The van der Waals surface area contributed by atoms with Gasteiger partial charge in [-0.05, 0) is 73.2 Å². The molecular weight excluding hydrogens is 388 g/mol. The molecule has 7 heteroatoms. The zero-order valence-corrected chi connectivity index (χ0v) is 18.1. The third-order valence-corrected chi connectivity index (χ3v) is 6.15. The summed E-state index contributed by atoms with van der Waals surface area (Å²) < 4.78 is 29.1. The van der Waals surface area contributed by atoms with Crippen molar-refractivity contribution in [3.8, 4) is 0 Å². The van der Waals surface area contributed by atoms with Crippen LogP contribution in [0.4, 0.5) is 5.69 Å². The standard InChI is InChI=1S/C22H26N2O4S/c1-12(2)18-10-19-16(11-28-21(19)7-14(18)4)8-22(25)24-20-9-17(29(23,26)27)6-13(3)15(20)5/h6-7,9-12H,8H2,1-5H3,(H,24,25)(H2,23,26,27). The summed E-state index contributed by atoms with van der Waals surface area (Å²) in [6.45, 7) is 9.91. The Morgan fingerprint density at radius 3 is 2.41 bits per heavy atom. The Morgan fingerprint density at radius 2 is 1.79 bits per heavy atom. The van der Waals surface area contributed by atoms with Crippen molar-refractivity contribution < 1.29 is 17.6 Å². The normalized spacial score (nSPS) is 12.0. The second-order valence-corrected chi connectivity index (χ2v) is 9.36. The molecule has 0 unspecified atom stereocenters. The van der Waals surface area contributed by atoms with Crippen LogP contribution in [-0.2, 0) is 21.2 Å². The van der Waals surface area contributed by atoms with Crippen LogP contribution in [0.25, 0.3) is 11.0 Å². The number of amides is 1. The van der Waals surface area contributed by atoms with Crippen LogP contribution in [-0.4, -0.2) is 14.3 Å². The summed E-state index contributed by atoms with van der Waals surface area (Å²) in [7, 11) is -3.86. The minimum absolute atomic E-state index is 0.0262. The second kappa shape index (κ2) is 7.65. The lowest BCUT2D eigenvalue weighted by atomic mass is 9.95. The van der Waals surface area contributed by atoms with Crippen LogP contribution in [0.1, 0.15) is 47.6 Å². The number of fused-ring (bicyclic) bond motifs is 1. The topological polar surface area (TPSA) is 102 Å². The van der Waals surface area contributed by atoms with E-state index < -0.39 is 10.0 Å². The maximum absolute atomic E-state index is 12.7. The third kappa shape index (κ3) is 4.36.